The van der Waals surface area contributed by atoms with Gasteiger partial charge in [-0.1, -0.05) is 6.07 Å². The van der Waals surface area contributed by atoms with Gasteiger partial charge in [0.2, 0.25) is 0 Å². The van der Waals surface area contributed by atoms with E-state index in [4.69, 9.17) is 9.84 Å². The summed E-state index contributed by atoms with van der Waals surface area (Å²) in [6, 6.07) is 5.85. The van der Waals surface area contributed by atoms with Crippen molar-refractivity contribution in [2.24, 2.45) is 0 Å². The molecule has 0 saturated carbocycles. The highest BCUT2D eigenvalue weighted by atomic mass is 16.5. The summed E-state index contributed by atoms with van der Waals surface area (Å²) in [4.78, 5) is 10.8. The van der Waals surface area contributed by atoms with Crippen molar-refractivity contribution >= 4 is 5.97 Å². The molecular weight excluding hydrogens is 206 g/mol. The van der Waals surface area contributed by atoms with Crippen molar-refractivity contribution in [2.75, 3.05) is 13.7 Å². The summed E-state index contributed by atoms with van der Waals surface area (Å²) < 4.78 is 5.17. The molecule has 0 aromatic heterocycles. The maximum absolute atomic E-state index is 10.8. The lowest BCUT2D eigenvalue weighted by molar-refractivity contribution is -0.137. The standard InChI is InChI=1S/C12H15NO3/c1-16-10-3-2-8-6-13-7-9(4-12(14)15)11(8)5-10/h2-3,5,9,13H,4,6-7H2,1H3,(H,14,15). The number of hydrogen-bond donors (Lipinski definition) is 2. The minimum Gasteiger partial charge on any atom is -0.497 e. The molecule has 0 bridgehead atoms. The van der Waals surface area contributed by atoms with E-state index in [9.17, 15) is 4.79 Å². The number of hydrogen-bond acceptors (Lipinski definition) is 3. The normalized spacial score (nSPS) is 18.9. The van der Waals surface area contributed by atoms with Crippen molar-refractivity contribution < 1.29 is 14.6 Å². The Kier molecular flexibility index (Phi) is 3.10. The summed E-state index contributed by atoms with van der Waals surface area (Å²) in [6.07, 6.45) is 0.160. The van der Waals surface area contributed by atoms with Crippen LogP contribution in [0.3, 0.4) is 0 Å². The largest absolute Gasteiger partial charge is 0.497 e. The van der Waals surface area contributed by atoms with Crippen molar-refractivity contribution in [2.45, 2.75) is 18.9 Å². The van der Waals surface area contributed by atoms with Gasteiger partial charge in [-0.15, -0.1) is 0 Å². The van der Waals surface area contributed by atoms with E-state index in [1.54, 1.807) is 7.11 Å². The van der Waals surface area contributed by atoms with Crippen LogP contribution in [0.15, 0.2) is 18.2 Å². The SMILES string of the molecule is COc1ccc2c(c1)C(CC(=O)O)CNC2. The third kappa shape index (κ3) is 2.17. The molecule has 1 aliphatic rings. The lowest BCUT2D eigenvalue weighted by atomic mass is 9.88. The Hall–Kier alpha value is -1.55. The molecule has 0 aliphatic carbocycles. The van der Waals surface area contributed by atoms with E-state index >= 15 is 0 Å². The molecule has 86 valence electrons. The highest BCUT2D eigenvalue weighted by molar-refractivity contribution is 5.68. The summed E-state index contributed by atoms with van der Waals surface area (Å²) in [6.45, 7) is 1.52. The number of fused-ring (bicyclic) bond motifs is 1. The summed E-state index contributed by atoms with van der Waals surface area (Å²) >= 11 is 0. The molecule has 16 heavy (non-hydrogen) atoms. The van der Waals surface area contributed by atoms with Crippen molar-refractivity contribution in [1.29, 1.82) is 0 Å². The minimum atomic E-state index is -0.762. The van der Waals surface area contributed by atoms with Gasteiger partial charge in [0.25, 0.3) is 0 Å². The third-order valence-corrected chi connectivity index (χ3v) is 2.92. The summed E-state index contributed by atoms with van der Waals surface area (Å²) in [5, 5.41) is 12.1. The predicted octanol–water partition coefficient (Wildman–Crippen LogP) is 1.36. The molecule has 2 N–H and O–H groups in total. The molecule has 1 aromatic rings. The molecular formula is C12H15NO3. The lowest BCUT2D eigenvalue weighted by Crippen LogP contribution is -2.29. The Morgan fingerprint density at radius 2 is 2.44 bits per heavy atom. The summed E-state index contributed by atoms with van der Waals surface area (Å²) in [5.41, 5.74) is 2.26. The zero-order valence-electron chi connectivity index (χ0n) is 9.19. The van der Waals surface area contributed by atoms with Gasteiger partial charge in [0.1, 0.15) is 5.75 Å². The number of carbonyl (C=O) groups is 1. The zero-order chi connectivity index (χ0) is 11.5. The van der Waals surface area contributed by atoms with Crippen LogP contribution in [-0.2, 0) is 11.3 Å². The van der Waals surface area contributed by atoms with Crippen molar-refractivity contribution in [3.05, 3.63) is 29.3 Å². The van der Waals surface area contributed by atoms with Crippen molar-refractivity contribution in [3.63, 3.8) is 0 Å². The van der Waals surface area contributed by atoms with Gasteiger partial charge in [-0.25, -0.2) is 0 Å². The van der Waals surface area contributed by atoms with Crippen LogP contribution in [0, 0.1) is 0 Å². The molecule has 4 nitrogen and oxygen atoms in total. The van der Waals surface area contributed by atoms with Crippen molar-refractivity contribution in [3.8, 4) is 5.75 Å². The monoisotopic (exact) mass is 221 g/mol. The number of methoxy groups -OCH3 is 1. The van der Waals surface area contributed by atoms with E-state index in [-0.39, 0.29) is 12.3 Å². The molecule has 0 radical (unpaired) electrons. The number of carboxylic acids is 1. The smallest absolute Gasteiger partial charge is 0.304 e. The summed E-state index contributed by atoms with van der Waals surface area (Å²) in [7, 11) is 1.62. The van der Waals surface area contributed by atoms with E-state index in [2.05, 4.69) is 5.32 Å². The van der Waals surface area contributed by atoms with Gasteiger partial charge in [-0.3, -0.25) is 4.79 Å². The van der Waals surface area contributed by atoms with Crippen LogP contribution in [-0.4, -0.2) is 24.7 Å². The van der Waals surface area contributed by atoms with Crippen LogP contribution in [0.5, 0.6) is 5.75 Å². The number of rotatable bonds is 3. The fraction of sp³-hybridized carbons (Fsp3) is 0.417. The molecule has 1 atom stereocenters. The number of carboxylic acid groups (broad SMARTS) is 1. The Labute approximate surface area is 94.2 Å². The Morgan fingerprint density at radius 3 is 3.12 bits per heavy atom. The Balaban J connectivity index is 2.31. The molecule has 2 rings (SSSR count). The van der Waals surface area contributed by atoms with Gasteiger partial charge < -0.3 is 15.2 Å². The second-order valence-electron chi connectivity index (χ2n) is 3.99. The maximum atomic E-state index is 10.8. The molecule has 0 fully saturated rings. The highest BCUT2D eigenvalue weighted by Gasteiger charge is 2.22. The molecule has 4 heteroatoms. The molecule has 0 saturated heterocycles. The number of ether oxygens (including phenoxy) is 1. The fourth-order valence-corrected chi connectivity index (χ4v) is 2.12. The lowest BCUT2D eigenvalue weighted by Gasteiger charge is -2.25. The van der Waals surface area contributed by atoms with E-state index in [0.717, 1.165) is 17.9 Å². The second-order valence-corrected chi connectivity index (χ2v) is 3.99. The minimum absolute atomic E-state index is 0.0383. The second kappa shape index (κ2) is 4.53. The fourth-order valence-electron chi connectivity index (χ4n) is 2.12. The van der Waals surface area contributed by atoms with Gasteiger partial charge in [-0.05, 0) is 23.3 Å². The topological polar surface area (TPSA) is 58.6 Å². The molecule has 1 heterocycles. The molecule has 0 spiro atoms. The van der Waals surface area contributed by atoms with E-state index < -0.39 is 5.97 Å². The average Bonchev–Trinajstić information content (AvgIpc) is 2.28. The van der Waals surface area contributed by atoms with Crippen molar-refractivity contribution in [1.82, 2.24) is 5.32 Å². The Bertz CT molecular complexity index is 403. The Morgan fingerprint density at radius 1 is 1.62 bits per heavy atom. The predicted molar refractivity (Wildman–Crippen MR) is 59.7 cm³/mol. The molecule has 1 unspecified atom stereocenters. The summed E-state index contributed by atoms with van der Waals surface area (Å²) in [5.74, 6) is 0.0647. The van der Waals surface area contributed by atoms with Gasteiger partial charge in [0, 0.05) is 19.0 Å². The first-order valence-corrected chi connectivity index (χ1v) is 5.30. The molecule has 0 amide bonds. The first-order chi connectivity index (χ1) is 7.70. The van der Waals surface area contributed by atoms with Crippen LogP contribution < -0.4 is 10.1 Å². The van der Waals surface area contributed by atoms with Crippen LogP contribution in [0.2, 0.25) is 0 Å². The number of benzene rings is 1. The molecule has 1 aromatic carbocycles. The highest BCUT2D eigenvalue weighted by Crippen LogP contribution is 2.29. The van der Waals surface area contributed by atoms with Crippen LogP contribution in [0.1, 0.15) is 23.5 Å². The van der Waals surface area contributed by atoms with E-state index in [0.29, 0.717) is 6.54 Å². The quantitative estimate of drug-likeness (QED) is 0.809. The van der Waals surface area contributed by atoms with Crippen LogP contribution in [0.4, 0.5) is 0 Å². The van der Waals surface area contributed by atoms with E-state index in [1.165, 1.54) is 5.56 Å². The van der Waals surface area contributed by atoms with Gasteiger partial charge in [-0.2, -0.15) is 0 Å². The van der Waals surface area contributed by atoms with Gasteiger partial charge >= 0.3 is 5.97 Å². The third-order valence-electron chi connectivity index (χ3n) is 2.92. The number of nitrogens with one attached hydrogen (secondary N) is 1. The van der Waals surface area contributed by atoms with Gasteiger partial charge in [0.15, 0.2) is 0 Å². The first kappa shape index (κ1) is 11.0. The van der Waals surface area contributed by atoms with Gasteiger partial charge in [0.05, 0.1) is 13.5 Å². The van der Waals surface area contributed by atoms with E-state index in [1.807, 2.05) is 18.2 Å². The van der Waals surface area contributed by atoms with Crippen LogP contribution in [0.25, 0.3) is 0 Å². The molecule has 1 aliphatic heterocycles. The maximum Gasteiger partial charge on any atom is 0.304 e. The zero-order valence-corrected chi connectivity index (χ0v) is 9.19. The number of aliphatic carboxylic acids is 1. The average molecular weight is 221 g/mol. The van der Waals surface area contributed by atoms with Crippen LogP contribution >= 0.6 is 0 Å². The first-order valence-electron chi connectivity index (χ1n) is 5.30.